The van der Waals surface area contributed by atoms with Crippen molar-refractivity contribution in [3.8, 4) is 0 Å². The zero-order valence-corrected chi connectivity index (χ0v) is 16.2. The van der Waals surface area contributed by atoms with E-state index in [1.54, 1.807) is 39.0 Å². The zero-order chi connectivity index (χ0) is 20.4. The highest BCUT2D eigenvalue weighted by Gasteiger charge is 2.72. The first-order valence-electron chi connectivity index (χ1n) is 9.05. The molecule has 0 aromatic rings. The van der Waals surface area contributed by atoms with Crippen LogP contribution in [0.1, 0.15) is 6.92 Å². The van der Waals surface area contributed by atoms with Gasteiger partial charge in [0.25, 0.3) is 0 Å². The molecule has 10 nitrogen and oxygen atoms in total. The quantitative estimate of drug-likeness (QED) is 0.166. The van der Waals surface area contributed by atoms with Crippen molar-refractivity contribution in [2.75, 3.05) is 34.4 Å². The molecular weight excluding hydrogens is 366 g/mol. The Morgan fingerprint density at radius 3 is 2.75 bits per heavy atom. The van der Waals surface area contributed by atoms with E-state index in [-0.39, 0.29) is 36.0 Å². The normalized spacial score (nSPS) is 32.9. The lowest BCUT2D eigenvalue weighted by Gasteiger charge is -2.39. The third-order valence-corrected chi connectivity index (χ3v) is 5.90. The van der Waals surface area contributed by atoms with Crippen LogP contribution in [0.5, 0.6) is 0 Å². The van der Waals surface area contributed by atoms with Crippen LogP contribution in [0.15, 0.2) is 22.5 Å². The summed E-state index contributed by atoms with van der Waals surface area (Å²) in [4.78, 5) is 39.7. The molecule has 0 radical (unpaired) electrons. The number of amides is 1. The predicted molar refractivity (Wildman–Crippen MR) is 97.2 cm³/mol. The van der Waals surface area contributed by atoms with Crippen LogP contribution >= 0.6 is 0 Å². The van der Waals surface area contributed by atoms with E-state index >= 15 is 0 Å². The lowest BCUT2D eigenvalue weighted by Crippen LogP contribution is -2.55. The average molecular weight is 390 g/mol. The van der Waals surface area contributed by atoms with E-state index in [2.05, 4.69) is 10.6 Å². The fourth-order valence-electron chi connectivity index (χ4n) is 4.66. The predicted octanol–water partition coefficient (Wildman–Crippen LogP) is -1.72. The fourth-order valence-corrected chi connectivity index (χ4v) is 4.66. The van der Waals surface area contributed by atoms with Crippen LogP contribution < -0.4 is 16.4 Å². The Morgan fingerprint density at radius 2 is 2.14 bits per heavy atom. The molecule has 0 bridgehead atoms. The number of nitrogens with one attached hydrogen (secondary N) is 2. The van der Waals surface area contributed by atoms with E-state index in [4.69, 9.17) is 15.2 Å². The van der Waals surface area contributed by atoms with Gasteiger partial charge in [0.2, 0.25) is 17.9 Å². The number of carbonyl (C=O) groups excluding carboxylic acids is 3. The topological polar surface area (TPSA) is 136 Å². The van der Waals surface area contributed by atoms with Gasteiger partial charge >= 0.3 is 6.09 Å². The Balaban J connectivity index is 1.80. The highest BCUT2D eigenvalue weighted by atomic mass is 16.6. The van der Waals surface area contributed by atoms with Gasteiger partial charge in [-0.2, -0.15) is 0 Å². The second kappa shape index (κ2) is 6.14. The summed E-state index contributed by atoms with van der Waals surface area (Å²) < 4.78 is 12.7. The molecule has 0 saturated carbocycles. The molecule has 4 aliphatic rings. The Labute approximate surface area is 162 Å². The van der Waals surface area contributed by atoms with Crippen molar-refractivity contribution in [2.45, 2.75) is 24.7 Å². The molecular formula is C18H24N5O5+. The first-order chi connectivity index (χ1) is 13.2. The number of primary amides is 1. The number of nitrogens with zero attached hydrogens (tertiary/aromatic N) is 2. The number of hydrogen-bond acceptors (Lipinski definition) is 7. The van der Waals surface area contributed by atoms with E-state index in [1.165, 1.54) is 0 Å². The standard InChI is InChI=1S/C18H23N5O5/c1-8-12(20-7-22(2)3)15(25)11-9(6-28-17(19)26)18(27-4)16-10(21-16)5-23(18)13(11)14(8)24/h7,9-10,16,21H,5-6H2,1-4H3,(H2,19,26)/p+1/t9?,10?,16?,18-/m1/s1. The summed E-state index contributed by atoms with van der Waals surface area (Å²) in [5, 5.41) is 6.26. The van der Waals surface area contributed by atoms with E-state index in [0.29, 0.717) is 23.4 Å². The van der Waals surface area contributed by atoms with E-state index in [1.807, 2.05) is 4.90 Å². The molecule has 150 valence electrons. The smallest absolute Gasteiger partial charge is 0.404 e. The van der Waals surface area contributed by atoms with E-state index < -0.39 is 17.7 Å². The van der Waals surface area contributed by atoms with E-state index in [9.17, 15) is 14.4 Å². The Hall–Kier alpha value is -2.72. The fraction of sp³-hybridized carbons (Fsp3) is 0.556. The molecule has 10 heteroatoms. The minimum atomic E-state index is -0.961. The summed E-state index contributed by atoms with van der Waals surface area (Å²) in [5.74, 6) is -1.16. The number of Topliss-reactive ketones (excluding diaryl/α,β-unsaturated/α-hetero) is 2. The molecule has 28 heavy (non-hydrogen) atoms. The zero-order valence-electron chi connectivity index (χ0n) is 16.2. The highest BCUT2D eigenvalue weighted by Crippen LogP contribution is 2.55. The van der Waals surface area contributed by atoms with Crippen LogP contribution in [0.4, 0.5) is 4.79 Å². The van der Waals surface area contributed by atoms with Gasteiger partial charge in [-0.15, -0.1) is 0 Å². The van der Waals surface area contributed by atoms with Crippen molar-refractivity contribution in [3.63, 3.8) is 0 Å². The summed E-state index contributed by atoms with van der Waals surface area (Å²) in [6.07, 6.45) is 0.663. The first kappa shape index (κ1) is 18.6. The van der Waals surface area contributed by atoms with Gasteiger partial charge in [-0.25, -0.2) is 10.1 Å². The largest absolute Gasteiger partial charge is 0.449 e. The Kier molecular flexibility index (Phi) is 4.09. The van der Waals surface area contributed by atoms with Crippen molar-refractivity contribution in [3.05, 3.63) is 22.5 Å². The maximum atomic E-state index is 13.4. The molecule has 4 rings (SSSR count). The van der Waals surface area contributed by atoms with Crippen molar-refractivity contribution in [1.82, 2.24) is 15.5 Å². The molecule has 2 fully saturated rings. The molecule has 3 aliphatic heterocycles. The molecule has 4 N–H and O–H groups in total. The van der Waals surface area contributed by atoms with Crippen molar-refractivity contribution in [2.24, 2.45) is 11.7 Å². The number of rotatable bonds is 5. The number of carbonyl (C=O) groups is 3. The van der Waals surface area contributed by atoms with Crippen LogP contribution in [0.3, 0.4) is 0 Å². The number of hydrogen-bond donors (Lipinski definition) is 3. The molecule has 0 spiro atoms. The second-order valence-electron chi connectivity index (χ2n) is 7.66. The number of ketones is 2. The average Bonchev–Trinajstić information content (AvgIpc) is 3.24. The monoisotopic (exact) mass is 390 g/mol. The number of nitrogens with two attached hydrogens (primary N) is 1. The SMILES string of the molecule is CO[C@@]12C(COC(N)=O)C3=C(C(=O)C(C)=C(NC=[N+](C)C)C3=O)N1CC1NC12. The summed E-state index contributed by atoms with van der Waals surface area (Å²) in [6, 6.07) is 0.106. The molecule has 4 atom stereocenters. The second-order valence-corrected chi connectivity index (χ2v) is 7.66. The van der Waals surface area contributed by atoms with Gasteiger partial charge in [-0.05, 0) is 6.92 Å². The van der Waals surface area contributed by atoms with Gasteiger partial charge in [0, 0.05) is 30.8 Å². The van der Waals surface area contributed by atoms with Crippen LogP contribution in [0.2, 0.25) is 0 Å². The lowest BCUT2D eigenvalue weighted by molar-refractivity contribution is -0.461. The van der Waals surface area contributed by atoms with Gasteiger partial charge in [0.1, 0.15) is 6.61 Å². The molecule has 2 saturated heterocycles. The summed E-state index contributed by atoms with van der Waals surface area (Å²) in [6.45, 7) is 2.03. The van der Waals surface area contributed by atoms with Crippen molar-refractivity contribution < 1.29 is 28.4 Å². The van der Waals surface area contributed by atoms with Crippen molar-refractivity contribution >= 4 is 24.0 Å². The lowest BCUT2D eigenvalue weighted by atomic mass is 9.82. The molecule has 0 aromatic carbocycles. The Bertz CT molecular complexity index is 887. The summed E-state index contributed by atoms with van der Waals surface area (Å²) in [7, 11) is 5.15. The van der Waals surface area contributed by atoms with Crippen LogP contribution in [0, 0.1) is 5.92 Å². The van der Waals surface area contributed by atoms with Crippen LogP contribution in [-0.4, -0.2) is 85.6 Å². The van der Waals surface area contributed by atoms with Gasteiger partial charge in [0.05, 0.1) is 31.8 Å². The van der Waals surface area contributed by atoms with Gasteiger partial charge in [0.15, 0.2) is 11.4 Å². The molecule has 3 heterocycles. The van der Waals surface area contributed by atoms with Crippen LogP contribution in [0.25, 0.3) is 0 Å². The van der Waals surface area contributed by atoms with Gasteiger partial charge in [-0.3, -0.25) is 14.2 Å². The third-order valence-electron chi connectivity index (χ3n) is 5.90. The van der Waals surface area contributed by atoms with Gasteiger partial charge < -0.3 is 25.4 Å². The minimum absolute atomic E-state index is 0.0600. The molecule has 3 unspecified atom stereocenters. The number of piperazine rings is 1. The number of allylic oxidation sites excluding steroid dienone is 2. The molecule has 1 amide bonds. The van der Waals surface area contributed by atoms with Crippen LogP contribution in [-0.2, 0) is 19.1 Å². The summed E-state index contributed by atoms with van der Waals surface area (Å²) in [5.41, 5.74) is 5.41. The van der Waals surface area contributed by atoms with Gasteiger partial charge in [-0.1, -0.05) is 0 Å². The van der Waals surface area contributed by atoms with Crippen molar-refractivity contribution in [1.29, 1.82) is 0 Å². The molecule has 1 aliphatic carbocycles. The minimum Gasteiger partial charge on any atom is -0.449 e. The molecule has 0 aromatic heterocycles. The van der Waals surface area contributed by atoms with E-state index in [0.717, 1.165) is 0 Å². The number of ether oxygens (including phenoxy) is 2. The maximum absolute atomic E-state index is 13.4. The highest BCUT2D eigenvalue weighted by molar-refractivity contribution is 6.26. The number of methoxy groups -OCH3 is 1. The first-order valence-corrected chi connectivity index (χ1v) is 9.05. The summed E-state index contributed by atoms with van der Waals surface area (Å²) >= 11 is 0. The third kappa shape index (κ3) is 2.34. The Morgan fingerprint density at radius 1 is 1.43 bits per heavy atom. The maximum Gasteiger partial charge on any atom is 0.404 e. The number of fused-ring (bicyclic) bond motifs is 4.